The summed E-state index contributed by atoms with van der Waals surface area (Å²) in [7, 11) is 0. The van der Waals surface area contributed by atoms with E-state index < -0.39 is 0 Å². The van der Waals surface area contributed by atoms with E-state index in [2.05, 4.69) is 56.7 Å². The molecule has 4 heteroatoms. The number of unbranched alkanes of at least 4 members (excludes halogenated alkanes) is 2. The molecule has 0 aromatic carbocycles. The van der Waals surface area contributed by atoms with Gasteiger partial charge in [0.25, 0.3) is 0 Å². The lowest BCUT2D eigenvalue weighted by Gasteiger charge is -2.32. The monoisotopic (exact) mass is 370 g/mol. The number of H-pyrrole nitrogens is 1. The highest BCUT2D eigenvalue weighted by Gasteiger charge is 2.26. The first-order valence-corrected chi connectivity index (χ1v) is 10.1. The molecular formula is C23H34N2O2. The number of rotatable bonds is 8. The van der Waals surface area contributed by atoms with Gasteiger partial charge >= 0.3 is 5.97 Å². The molecule has 0 aliphatic heterocycles. The van der Waals surface area contributed by atoms with Crippen molar-refractivity contribution in [2.24, 2.45) is 5.41 Å². The fourth-order valence-electron chi connectivity index (χ4n) is 3.62. The van der Waals surface area contributed by atoms with Crippen LogP contribution in [0.3, 0.4) is 0 Å². The van der Waals surface area contributed by atoms with E-state index in [1.165, 1.54) is 30.4 Å². The quantitative estimate of drug-likeness (QED) is 0.334. The maximum absolute atomic E-state index is 12.0. The van der Waals surface area contributed by atoms with Crippen LogP contribution in [-0.2, 0) is 4.74 Å². The van der Waals surface area contributed by atoms with Gasteiger partial charge in [0.05, 0.1) is 18.5 Å². The Morgan fingerprint density at radius 2 is 2.15 bits per heavy atom. The third kappa shape index (κ3) is 6.23. The van der Waals surface area contributed by atoms with Gasteiger partial charge in [0, 0.05) is 0 Å². The third-order valence-electron chi connectivity index (χ3n) is 5.21. The number of nitrogens with one attached hydrogen (secondary N) is 1. The summed E-state index contributed by atoms with van der Waals surface area (Å²) in [5, 5.41) is 0. The van der Waals surface area contributed by atoms with Crippen molar-refractivity contribution in [2.45, 2.75) is 73.1 Å². The van der Waals surface area contributed by atoms with Crippen molar-refractivity contribution < 1.29 is 9.53 Å². The highest BCUT2D eigenvalue weighted by Crippen LogP contribution is 2.40. The number of hydrogen-bond donors (Lipinski definition) is 1. The largest absolute Gasteiger partial charge is 0.460 e. The molecular weight excluding hydrogens is 336 g/mol. The van der Waals surface area contributed by atoms with Gasteiger partial charge in [0.1, 0.15) is 0 Å². The molecule has 4 nitrogen and oxygen atoms in total. The number of esters is 1. The Bertz CT molecular complexity index is 735. The number of aromatic amines is 1. The average Bonchev–Trinajstić information content (AvgIpc) is 3.06. The van der Waals surface area contributed by atoms with Crippen LogP contribution >= 0.6 is 0 Å². The topological polar surface area (TPSA) is 55.0 Å². The highest BCUT2D eigenvalue weighted by atomic mass is 16.5. The molecule has 0 saturated carbocycles. The van der Waals surface area contributed by atoms with Gasteiger partial charge in [-0.25, -0.2) is 9.78 Å². The molecule has 1 N–H and O–H groups in total. The molecule has 0 spiro atoms. The van der Waals surface area contributed by atoms with Crippen molar-refractivity contribution in [2.75, 3.05) is 6.61 Å². The van der Waals surface area contributed by atoms with Crippen LogP contribution in [0.4, 0.5) is 0 Å². The van der Waals surface area contributed by atoms with Crippen LogP contribution in [0.2, 0.25) is 0 Å². The Morgan fingerprint density at radius 1 is 1.37 bits per heavy atom. The zero-order chi connectivity index (χ0) is 19.9. The summed E-state index contributed by atoms with van der Waals surface area (Å²) >= 11 is 0. The van der Waals surface area contributed by atoms with Crippen LogP contribution in [-0.4, -0.2) is 22.5 Å². The van der Waals surface area contributed by atoms with E-state index >= 15 is 0 Å². The standard InChI is InChI=1S/C23H34N2O2/c1-6-7-8-14-27-22(26)21-24-16-19(25-21)15-17(2)11-12-20-18(3)10-9-13-23(20,4)5/h11-12,15-16H,6-10,13-14H2,1-5H3,(H,24,25)/b12-11+,17-15+. The molecule has 27 heavy (non-hydrogen) atoms. The van der Waals surface area contributed by atoms with Crippen LogP contribution in [0, 0.1) is 5.41 Å². The molecule has 0 atom stereocenters. The maximum atomic E-state index is 12.0. The molecule has 1 aliphatic carbocycles. The molecule has 0 fully saturated rings. The smallest absolute Gasteiger partial charge is 0.374 e. The van der Waals surface area contributed by atoms with Gasteiger partial charge in [-0.15, -0.1) is 0 Å². The van der Waals surface area contributed by atoms with Crippen molar-refractivity contribution in [3.8, 4) is 0 Å². The molecule has 1 aliphatic rings. The predicted octanol–water partition coefficient (Wildman–Crippen LogP) is 6.24. The number of carbonyl (C=O) groups excluding carboxylic acids is 1. The minimum Gasteiger partial charge on any atom is -0.460 e. The number of ether oxygens (including phenoxy) is 1. The summed E-state index contributed by atoms with van der Waals surface area (Å²) in [6.07, 6.45) is 14.8. The molecule has 0 saturated heterocycles. The number of nitrogens with zero attached hydrogens (tertiary/aromatic N) is 1. The molecule has 0 unspecified atom stereocenters. The van der Waals surface area contributed by atoms with E-state index in [0.717, 1.165) is 30.5 Å². The molecule has 0 bridgehead atoms. The minimum absolute atomic E-state index is 0.238. The second kappa shape index (κ2) is 9.72. The summed E-state index contributed by atoms with van der Waals surface area (Å²) < 4.78 is 5.24. The molecule has 1 heterocycles. The van der Waals surface area contributed by atoms with Crippen molar-refractivity contribution in [3.05, 3.63) is 46.6 Å². The fraction of sp³-hybridized carbons (Fsp3) is 0.565. The second-order valence-electron chi connectivity index (χ2n) is 8.18. The molecule has 148 valence electrons. The predicted molar refractivity (Wildman–Crippen MR) is 112 cm³/mol. The van der Waals surface area contributed by atoms with Crippen LogP contribution in [0.5, 0.6) is 0 Å². The molecule has 0 radical (unpaired) electrons. The van der Waals surface area contributed by atoms with Gasteiger partial charge in [-0.1, -0.05) is 51.3 Å². The van der Waals surface area contributed by atoms with Crippen molar-refractivity contribution in [1.82, 2.24) is 9.97 Å². The maximum Gasteiger partial charge on any atom is 0.374 e. The summed E-state index contributed by atoms with van der Waals surface area (Å²) in [4.78, 5) is 19.2. The third-order valence-corrected chi connectivity index (χ3v) is 5.21. The zero-order valence-corrected chi connectivity index (χ0v) is 17.5. The number of allylic oxidation sites excluding steroid dienone is 5. The summed E-state index contributed by atoms with van der Waals surface area (Å²) in [5.74, 6) is -0.120. The van der Waals surface area contributed by atoms with Gasteiger partial charge < -0.3 is 9.72 Å². The molecule has 1 aromatic heterocycles. The van der Waals surface area contributed by atoms with Gasteiger partial charge in [0.2, 0.25) is 5.82 Å². The summed E-state index contributed by atoms with van der Waals surface area (Å²) in [5.41, 5.74) is 5.10. The number of imidazole rings is 1. The lowest BCUT2D eigenvalue weighted by molar-refractivity contribution is 0.0485. The number of aromatic nitrogens is 2. The Morgan fingerprint density at radius 3 is 2.85 bits per heavy atom. The van der Waals surface area contributed by atoms with Crippen molar-refractivity contribution in [1.29, 1.82) is 0 Å². The van der Waals surface area contributed by atoms with E-state index in [-0.39, 0.29) is 17.2 Å². The Hall–Kier alpha value is -2.10. The van der Waals surface area contributed by atoms with Gasteiger partial charge in [0.15, 0.2) is 0 Å². The Labute approximate surface area is 163 Å². The molecule has 2 rings (SSSR count). The second-order valence-corrected chi connectivity index (χ2v) is 8.18. The zero-order valence-electron chi connectivity index (χ0n) is 17.5. The first-order chi connectivity index (χ1) is 12.8. The van der Waals surface area contributed by atoms with Crippen LogP contribution < -0.4 is 0 Å². The van der Waals surface area contributed by atoms with E-state index in [9.17, 15) is 4.79 Å². The lowest BCUT2D eigenvalue weighted by atomic mass is 9.72. The summed E-state index contributed by atoms with van der Waals surface area (Å²) in [6.45, 7) is 11.5. The number of carbonyl (C=O) groups is 1. The summed E-state index contributed by atoms with van der Waals surface area (Å²) in [6, 6.07) is 0. The van der Waals surface area contributed by atoms with E-state index in [0.29, 0.717) is 6.61 Å². The minimum atomic E-state index is -0.385. The molecule has 1 aromatic rings. The first kappa shape index (κ1) is 21.2. The normalized spacial score (nSPS) is 17.6. The van der Waals surface area contributed by atoms with Crippen molar-refractivity contribution in [3.63, 3.8) is 0 Å². The van der Waals surface area contributed by atoms with Crippen LogP contribution in [0.25, 0.3) is 6.08 Å². The number of hydrogen-bond acceptors (Lipinski definition) is 3. The average molecular weight is 371 g/mol. The van der Waals surface area contributed by atoms with Crippen LogP contribution in [0.1, 0.15) is 89.5 Å². The first-order valence-electron chi connectivity index (χ1n) is 10.1. The van der Waals surface area contributed by atoms with Crippen molar-refractivity contribution >= 4 is 12.0 Å². The van der Waals surface area contributed by atoms with Gasteiger partial charge in [-0.2, -0.15) is 0 Å². The SMILES string of the molecule is CCCCCOC(=O)c1ncc(/C=C(C)/C=C/C2=C(C)CCCC2(C)C)[nH]1. The van der Waals surface area contributed by atoms with E-state index in [4.69, 9.17) is 4.74 Å². The van der Waals surface area contributed by atoms with Gasteiger partial charge in [-0.05, 0) is 62.2 Å². The Kier molecular flexibility index (Phi) is 7.64. The molecule has 0 amide bonds. The Balaban J connectivity index is 2.00. The lowest BCUT2D eigenvalue weighted by Crippen LogP contribution is -2.19. The van der Waals surface area contributed by atoms with E-state index in [1.807, 2.05) is 6.08 Å². The highest BCUT2D eigenvalue weighted by molar-refractivity contribution is 5.85. The van der Waals surface area contributed by atoms with Gasteiger partial charge in [-0.3, -0.25) is 0 Å². The van der Waals surface area contributed by atoms with Crippen LogP contribution in [0.15, 0.2) is 35.1 Å². The van der Waals surface area contributed by atoms with E-state index in [1.54, 1.807) is 6.20 Å². The fourth-order valence-corrected chi connectivity index (χ4v) is 3.62.